The van der Waals surface area contributed by atoms with E-state index in [4.69, 9.17) is 31.0 Å². The molecule has 0 amide bonds. The number of carbonyl (C=O) groups is 1. The summed E-state index contributed by atoms with van der Waals surface area (Å²) in [6.45, 7) is 4.64. The van der Waals surface area contributed by atoms with Crippen LogP contribution in [0.1, 0.15) is 30.5 Å². The third-order valence-electron chi connectivity index (χ3n) is 8.70. The van der Waals surface area contributed by atoms with Gasteiger partial charge in [-0.25, -0.2) is 0 Å². The maximum absolute atomic E-state index is 11.8. The summed E-state index contributed by atoms with van der Waals surface area (Å²) in [7, 11) is 2.15. The van der Waals surface area contributed by atoms with Crippen LogP contribution in [0.2, 0.25) is 5.02 Å². The number of anilines is 2. The minimum absolute atomic E-state index is 0.0316. The van der Waals surface area contributed by atoms with Crippen molar-refractivity contribution in [2.24, 2.45) is 5.92 Å². The first-order valence-electron chi connectivity index (χ1n) is 13.7. The third kappa shape index (κ3) is 4.14. The molecule has 0 spiro atoms. The van der Waals surface area contributed by atoms with E-state index in [1.54, 1.807) is 0 Å². The number of fused-ring (bicyclic) bond motifs is 3. The fourth-order valence-corrected chi connectivity index (χ4v) is 6.76. The molecule has 5 heterocycles. The first-order valence-corrected chi connectivity index (χ1v) is 14.0. The summed E-state index contributed by atoms with van der Waals surface area (Å²) in [6.07, 6.45) is 3.90. The standard InChI is InChI=1S/C29H32ClN5O3/c1-33-12-4-7-19(33)17-37-29-31-23-15-34(24-9-3-6-18-5-2-8-22(30)26(18)24)13-10-20(23)27(32-29)35-14-11-21-25(16-35)38-28(21)36/h2-3,5-6,8-9,19,21,25H,4,7,10-17H2,1H3/t19-,21+,25-/m0/s1. The predicted octanol–water partition coefficient (Wildman–Crippen LogP) is 4.07. The Hall–Kier alpha value is -3.10. The van der Waals surface area contributed by atoms with E-state index in [1.165, 1.54) is 12.0 Å². The normalized spacial score (nSPS) is 25.1. The lowest BCUT2D eigenvalue weighted by molar-refractivity contribution is -0.185. The van der Waals surface area contributed by atoms with Gasteiger partial charge >= 0.3 is 12.0 Å². The zero-order valence-electron chi connectivity index (χ0n) is 21.6. The zero-order chi connectivity index (χ0) is 25.8. The van der Waals surface area contributed by atoms with Gasteiger partial charge in [-0.1, -0.05) is 35.9 Å². The Morgan fingerprint density at radius 2 is 1.95 bits per heavy atom. The molecule has 0 N–H and O–H groups in total. The van der Waals surface area contributed by atoms with Crippen LogP contribution in [0.15, 0.2) is 36.4 Å². The smallest absolute Gasteiger partial charge is 0.318 e. The van der Waals surface area contributed by atoms with Crippen molar-refractivity contribution in [2.75, 3.05) is 49.6 Å². The number of hydrogen-bond acceptors (Lipinski definition) is 8. The van der Waals surface area contributed by atoms with E-state index in [-0.39, 0.29) is 18.0 Å². The van der Waals surface area contributed by atoms with E-state index in [9.17, 15) is 4.79 Å². The number of ether oxygens (including phenoxy) is 2. The molecule has 3 aromatic rings. The van der Waals surface area contributed by atoms with Crippen molar-refractivity contribution in [1.29, 1.82) is 0 Å². The maximum atomic E-state index is 11.8. The van der Waals surface area contributed by atoms with Crippen molar-refractivity contribution in [3.8, 4) is 6.01 Å². The zero-order valence-corrected chi connectivity index (χ0v) is 22.4. The highest BCUT2D eigenvalue weighted by molar-refractivity contribution is 6.36. The second kappa shape index (κ2) is 9.58. The minimum Gasteiger partial charge on any atom is -0.462 e. The fraction of sp³-hybridized carbons (Fsp3) is 0.483. The quantitative estimate of drug-likeness (QED) is 0.455. The molecule has 38 heavy (non-hydrogen) atoms. The number of hydrogen-bond donors (Lipinski definition) is 0. The number of carbonyl (C=O) groups excluding carboxylic acids is 1. The highest BCUT2D eigenvalue weighted by Gasteiger charge is 2.46. The summed E-state index contributed by atoms with van der Waals surface area (Å²) in [5, 5.41) is 2.96. The summed E-state index contributed by atoms with van der Waals surface area (Å²) in [5.74, 6) is 0.902. The van der Waals surface area contributed by atoms with Crippen LogP contribution in [0.4, 0.5) is 11.5 Å². The Labute approximate surface area is 227 Å². The van der Waals surface area contributed by atoms with Crippen LogP contribution in [0.5, 0.6) is 6.01 Å². The topological polar surface area (TPSA) is 71.0 Å². The molecule has 3 atom stereocenters. The molecule has 0 radical (unpaired) electrons. The molecular formula is C29H32ClN5O3. The molecular weight excluding hydrogens is 502 g/mol. The Balaban J connectivity index is 1.22. The van der Waals surface area contributed by atoms with Crippen molar-refractivity contribution in [2.45, 2.75) is 44.4 Å². The van der Waals surface area contributed by atoms with Gasteiger partial charge in [-0.15, -0.1) is 0 Å². The Kier molecular flexibility index (Phi) is 6.04. The van der Waals surface area contributed by atoms with Gasteiger partial charge in [-0.2, -0.15) is 9.97 Å². The SMILES string of the molecule is CN1CCC[C@H]1COc1nc2c(c(N3CC[C@H]4C(=O)O[C@H]4C3)n1)CCN(c1cccc3cccc(Cl)c13)C2. The van der Waals surface area contributed by atoms with Crippen LogP contribution in [-0.4, -0.2) is 72.8 Å². The largest absolute Gasteiger partial charge is 0.462 e. The number of likely N-dealkylation sites (N-methyl/N-ethyl adjacent to an activating group) is 1. The molecule has 0 unspecified atom stereocenters. The molecule has 4 aliphatic heterocycles. The summed E-state index contributed by atoms with van der Waals surface area (Å²) in [5.41, 5.74) is 3.28. The number of rotatable bonds is 5. The Bertz CT molecular complexity index is 1390. The number of halogens is 1. The summed E-state index contributed by atoms with van der Waals surface area (Å²) >= 11 is 6.67. The van der Waals surface area contributed by atoms with Crippen molar-refractivity contribution < 1.29 is 14.3 Å². The van der Waals surface area contributed by atoms with Gasteiger partial charge in [0.1, 0.15) is 18.5 Å². The lowest BCUT2D eigenvalue weighted by Gasteiger charge is -2.44. The molecule has 3 fully saturated rings. The molecule has 3 saturated heterocycles. The lowest BCUT2D eigenvalue weighted by Crippen LogP contribution is -2.57. The minimum atomic E-state index is -0.0616. The first kappa shape index (κ1) is 24.0. The Morgan fingerprint density at radius 3 is 2.74 bits per heavy atom. The molecule has 0 aliphatic carbocycles. The van der Waals surface area contributed by atoms with E-state index in [1.807, 2.05) is 12.1 Å². The monoisotopic (exact) mass is 533 g/mol. The van der Waals surface area contributed by atoms with Crippen LogP contribution in [0, 0.1) is 5.92 Å². The van der Waals surface area contributed by atoms with E-state index in [2.05, 4.69) is 46.0 Å². The lowest BCUT2D eigenvalue weighted by atomic mass is 9.89. The van der Waals surface area contributed by atoms with E-state index >= 15 is 0 Å². The van der Waals surface area contributed by atoms with E-state index in [0.717, 1.165) is 71.9 Å². The highest BCUT2D eigenvalue weighted by atomic mass is 35.5. The number of likely N-dealkylation sites (tertiary alicyclic amines) is 1. The summed E-state index contributed by atoms with van der Waals surface area (Å²) in [4.78, 5) is 28.7. The van der Waals surface area contributed by atoms with Crippen LogP contribution < -0.4 is 14.5 Å². The van der Waals surface area contributed by atoms with Crippen molar-refractivity contribution in [3.63, 3.8) is 0 Å². The van der Waals surface area contributed by atoms with Gasteiger partial charge in [0.2, 0.25) is 0 Å². The van der Waals surface area contributed by atoms with Gasteiger partial charge < -0.3 is 24.2 Å². The molecule has 7 rings (SSSR count). The van der Waals surface area contributed by atoms with Crippen LogP contribution in [-0.2, 0) is 22.5 Å². The molecule has 0 saturated carbocycles. The van der Waals surface area contributed by atoms with E-state index < -0.39 is 0 Å². The second-order valence-corrected chi connectivity index (χ2v) is 11.4. The molecule has 8 nitrogen and oxygen atoms in total. The van der Waals surface area contributed by atoms with Gasteiger partial charge in [0.15, 0.2) is 0 Å². The number of esters is 1. The number of benzene rings is 2. The van der Waals surface area contributed by atoms with Crippen molar-refractivity contribution >= 4 is 39.8 Å². The Morgan fingerprint density at radius 1 is 1.08 bits per heavy atom. The summed E-state index contributed by atoms with van der Waals surface area (Å²) < 4.78 is 11.7. The van der Waals surface area contributed by atoms with Gasteiger partial charge in [0.05, 0.1) is 29.7 Å². The summed E-state index contributed by atoms with van der Waals surface area (Å²) in [6, 6.07) is 13.2. The van der Waals surface area contributed by atoms with E-state index in [0.29, 0.717) is 31.7 Å². The third-order valence-corrected chi connectivity index (χ3v) is 9.02. The first-order chi connectivity index (χ1) is 18.5. The van der Waals surface area contributed by atoms with Crippen molar-refractivity contribution in [1.82, 2.24) is 14.9 Å². The van der Waals surface area contributed by atoms with Crippen LogP contribution in [0.25, 0.3) is 10.8 Å². The van der Waals surface area contributed by atoms with Gasteiger partial charge in [-0.05, 0) is 56.8 Å². The van der Waals surface area contributed by atoms with Gasteiger partial charge in [-0.3, -0.25) is 4.79 Å². The number of aromatic nitrogens is 2. The molecule has 2 aromatic carbocycles. The highest BCUT2D eigenvalue weighted by Crippen LogP contribution is 2.39. The molecule has 4 aliphatic rings. The number of nitrogens with zero attached hydrogens (tertiary/aromatic N) is 5. The van der Waals surface area contributed by atoms with Crippen LogP contribution in [0.3, 0.4) is 0 Å². The average Bonchev–Trinajstić information content (AvgIpc) is 3.34. The fourth-order valence-electron chi connectivity index (χ4n) is 6.48. The average molecular weight is 534 g/mol. The second-order valence-electron chi connectivity index (χ2n) is 10.9. The molecule has 1 aromatic heterocycles. The number of piperidine rings is 1. The molecule has 198 valence electrons. The van der Waals surface area contributed by atoms with Crippen molar-refractivity contribution in [3.05, 3.63) is 52.7 Å². The van der Waals surface area contributed by atoms with Gasteiger partial charge in [0.25, 0.3) is 0 Å². The maximum Gasteiger partial charge on any atom is 0.318 e. The molecule has 9 heteroatoms. The molecule has 0 bridgehead atoms. The van der Waals surface area contributed by atoms with Crippen LogP contribution >= 0.6 is 11.6 Å². The van der Waals surface area contributed by atoms with Gasteiger partial charge in [0, 0.05) is 35.8 Å². The predicted molar refractivity (Wildman–Crippen MR) is 147 cm³/mol.